The molecule has 0 aromatic carbocycles. The maximum atomic E-state index is 12.1. The van der Waals surface area contributed by atoms with Crippen LogP contribution in [0.3, 0.4) is 0 Å². The van der Waals surface area contributed by atoms with E-state index >= 15 is 0 Å². The molecule has 2 fully saturated rings. The van der Waals surface area contributed by atoms with Crippen molar-refractivity contribution in [1.82, 2.24) is 15.1 Å². The van der Waals surface area contributed by atoms with E-state index in [1.807, 2.05) is 0 Å². The van der Waals surface area contributed by atoms with Crippen molar-refractivity contribution in [1.29, 1.82) is 0 Å². The third-order valence-corrected chi connectivity index (χ3v) is 5.97. The summed E-state index contributed by atoms with van der Waals surface area (Å²) in [5.74, 6) is 1.20. The number of hydrogen-bond acceptors (Lipinski definition) is 8. The molecule has 10 heteroatoms. The van der Waals surface area contributed by atoms with Gasteiger partial charge in [-0.2, -0.15) is 0 Å². The van der Waals surface area contributed by atoms with E-state index in [2.05, 4.69) is 21.0 Å². The lowest BCUT2D eigenvalue weighted by Gasteiger charge is -2.38. The number of nitrogens with zero attached hydrogens (tertiary/aromatic N) is 2. The van der Waals surface area contributed by atoms with Gasteiger partial charge in [0.15, 0.2) is 0 Å². The van der Waals surface area contributed by atoms with Gasteiger partial charge in [0.25, 0.3) is 0 Å². The van der Waals surface area contributed by atoms with Crippen molar-refractivity contribution >= 4 is 11.9 Å². The van der Waals surface area contributed by atoms with Gasteiger partial charge in [-0.05, 0) is 19.3 Å². The predicted octanol–water partition coefficient (Wildman–Crippen LogP) is -0.327. The number of carbonyl (C=O) groups is 2. The Morgan fingerprint density at radius 3 is 2.12 bits per heavy atom. The second-order valence-corrected chi connectivity index (χ2v) is 8.25. The zero-order chi connectivity index (χ0) is 23.7. The first kappa shape index (κ1) is 27.5. The molecule has 1 heterocycles. The monoisotopic (exact) mass is 469 g/mol. The summed E-state index contributed by atoms with van der Waals surface area (Å²) in [6.07, 6.45) is 7.73. The van der Waals surface area contributed by atoms with Crippen LogP contribution in [0, 0.1) is 18.3 Å². The number of amides is 1. The smallest absolute Gasteiger partial charge is 0.322 e. The number of ether oxygens (including phenoxy) is 4. The van der Waals surface area contributed by atoms with Gasteiger partial charge in [0, 0.05) is 44.7 Å². The van der Waals surface area contributed by atoms with Crippen LogP contribution in [0.1, 0.15) is 19.3 Å². The molecule has 1 saturated carbocycles. The molecule has 0 spiro atoms. The Bertz CT molecular complexity index is 605. The van der Waals surface area contributed by atoms with E-state index in [9.17, 15) is 9.59 Å². The summed E-state index contributed by atoms with van der Waals surface area (Å²) >= 11 is 0. The molecule has 0 aromatic rings. The summed E-state index contributed by atoms with van der Waals surface area (Å²) in [4.78, 5) is 27.6. The number of piperazine rings is 1. The maximum Gasteiger partial charge on any atom is 0.322 e. The predicted molar refractivity (Wildman–Crippen MR) is 122 cm³/mol. The van der Waals surface area contributed by atoms with E-state index in [0.29, 0.717) is 58.9 Å². The Morgan fingerprint density at radius 2 is 1.52 bits per heavy atom. The van der Waals surface area contributed by atoms with E-state index in [4.69, 9.17) is 30.5 Å². The minimum atomic E-state index is -1.00. The number of terminal acetylenes is 1. The molecule has 1 unspecified atom stereocenters. The highest BCUT2D eigenvalue weighted by molar-refractivity contribution is 5.83. The van der Waals surface area contributed by atoms with Crippen LogP contribution in [0.2, 0.25) is 0 Å². The molecule has 10 nitrogen and oxygen atoms in total. The average Bonchev–Trinajstić information content (AvgIpc) is 3.31. The fourth-order valence-electron chi connectivity index (χ4n) is 4.17. The fraction of sp³-hybridized carbons (Fsp3) is 0.826. The summed E-state index contributed by atoms with van der Waals surface area (Å²) in [7, 11) is 0. The molecule has 1 saturated heterocycles. The highest BCUT2D eigenvalue weighted by Crippen LogP contribution is 2.30. The van der Waals surface area contributed by atoms with E-state index < -0.39 is 5.97 Å². The number of carboxylic acid groups (broad SMARTS) is 1. The van der Waals surface area contributed by atoms with E-state index in [1.165, 1.54) is 0 Å². The van der Waals surface area contributed by atoms with Gasteiger partial charge < -0.3 is 29.4 Å². The lowest BCUT2D eigenvalue weighted by atomic mass is 10.1. The van der Waals surface area contributed by atoms with Gasteiger partial charge in [-0.15, -0.1) is 6.42 Å². The fourth-order valence-corrected chi connectivity index (χ4v) is 4.17. The molecule has 0 bridgehead atoms. The van der Waals surface area contributed by atoms with Crippen LogP contribution >= 0.6 is 0 Å². The molecular weight excluding hydrogens is 430 g/mol. The van der Waals surface area contributed by atoms with Gasteiger partial charge >= 0.3 is 5.97 Å². The van der Waals surface area contributed by atoms with Crippen molar-refractivity contribution in [3.8, 4) is 12.3 Å². The van der Waals surface area contributed by atoms with Gasteiger partial charge in [0.05, 0.1) is 46.2 Å². The summed E-state index contributed by atoms with van der Waals surface area (Å²) in [6.45, 7) is 8.75. The Labute approximate surface area is 196 Å². The molecule has 1 aliphatic heterocycles. The van der Waals surface area contributed by atoms with Gasteiger partial charge in [0.2, 0.25) is 5.91 Å². The summed E-state index contributed by atoms with van der Waals surface area (Å²) in [6, 6.07) is 0.417. The molecule has 1 aliphatic carbocycles. The normalized spacial score (nSPS) is 21.7. The molecule has 1 amide bonds. The largest absolute Gasteiger partial charge is 0.480 e. The number of hydrogen-bond donors (Lipinski definition) is 2. The number of carbonyl (C=O) groups excluding carboxylic acids is 1. The summed E-state index contributed by atoms with van der Waals surface area (Å²) < 4.78 is 21.6. The van der Waals surface area contributed by atoms with Crippen LogP contribution in [-0.4, -0.2) is 125 Å². The Morgan fingerprint density at radius 1 is 0.909 bits per heavy atom. The third-order valence-electron chi connectivity index (χ3n) is 5.97. The zero-order valence-electron chi connectivity index (χ0n) is 19.5. The van der Waals surface area contributed by atoms with E-state index in [1.54, 1.807) is 0 Å². The molecule has 33 heavy (non-hydrogen) atoms. The van der Waals surface area contributed by atoms with Crippen LogP contribution in [0.5, 0.6) is 0 Å². The Balaban J connectivity index is 1.41. The molecule has 2 N–H and O–H groups in total. The van der Waals surface area contributed by atoms with Crippen LogP contribution in [0.25, 0.3) is 0 Å². The molecule has 0 radical (unpaired) electrons. The van der Waals surface area contributed by atoms with Crippen LogP contribution in [0.4, 0.5) is 0 Å². The minimum Gasteiger partial charge on any atom is -0.480 e. The first-order valence-electron chi connectivity index (χ1n) is 11.8. The summed E-state index contributed by atoms with van der Waals surface area (Å²) in [5, 5.41) is 11.2. The quantitative estimate of drug-likeness (QED) is 0.219. The van der Waals surface area contributed by atoms with Crippen molar-refractivity contribution in [2.45, 2.75) is 25.3 Å². The van der Waals surface area contributed by atoms with Crippen molar-refractivity contribution in [2.75, 3.05) is 92.1 Å². The van der Waals surface area contributed by atoms with Crippen molar-refractivity contribution in [3.05, 3.63) is 0 Å². The van der Waals surface area contributed by atoms with Crippen LogP contribution in [-0.2, 0) is 28.5 Å². The van der Waals surface area contributed by atoms with E-state index in [0.717, 1.165) is 52.0 Å². The number of carboxylic acids is 1. The van der Waals surface area contributed by atoms with E-state index in [-0.39, 0.29) is 18.4 Å². The molecular formula is C23H39N3O7. The molecule has 188 valence electrons. The minimum absolute atomic E-state index is 0.0672. The molecule has 0 aromatic heterocycles. The first-order valence-corrected chi connectivity index (χ1v) is 11.8. The third kappa shape index (κ3) is 11.8. The van der Waals surface area contributed by atoms with Crippen LogP contribution < -0.4 is 5.32 Å². The highest BCUT2D eigenvalue weighted by atomic mass is 16.6. The van der Waals surface area contributed by atoms with Gasteiger partial charge in [-0.3, -0.25) is 19.4 Å². The van der Waals surface area contributed by atoms with Crippen LogP contribution in [0.15, 0.2) is 0 Å². The second kappa shape index (κ2) is 16.8. The van der Waals surface area contributed by atoms with Gasteiger partial charge in [-0.25, -0.2) is 0 Å². The molecule has 2 atom stereocenters. The first-order chi connectivity index (χ1) is 16.1. The highest BCUT2D eigenvalue weighted by Gasteiger charge is 2.34. The Hall–Kier alpha value is -1.74. The number of aliphatic carboxylic acids is 1. The van der Waals surface area contributed by atoms with Crippen molar-refractivity contribution < 1.29 is 33.6 Å². The zero-order valence-corrected chi connectivity index (χ0v) is 19.5. The standard InChI is InChI=1S/C23H39N3O7/c1-2-10-30-12-14-32-16-17-33-15-13-31-11-9-25-5-7-26(8-6-25)21-4-3-20(18-21)23(29)24-19-22(27)28/h1,20-21H,3-19H2,(H,24,29)(H,27,28)/t20-,21?/m0/s1. The maximum absolute atomic E-state index is 12.1. The molecule has 2 rings (SSSR count). The SMILES string of the molecule is C#CCOCCOCCOCCOCCN1CCN(C2CC[C@H](C(=O)NCC(=O)O)C2)CC1. The second-order valence-electron chi connectivity index (χ2n) is 8.25. The average molecular weight is 470 g/mol. The van der Waals surface area contributed by atoms with Crippen molar-refractivity contribution in [2.24, 2.45) is 5.92 Å². The number of rotatable bonds is 17. The topological polar surface area (TPSA) is 110 Å². The number of nitrogens with one attached hydrogen (secondary N) is 1. The lowest BCUT2D eigenvalue weighted by molar-refractivity contribution is -0.138. The van der Waals surface area contributed by atoms with Gasteiger partial charge in [0.1, 0.15) is 13.2 Å². The Kier molecular flexibility index (Phi) is 14.0. The summed E-state index contributed by atoms with van der Waals surface area (Å²) in [5.41, 5.74) is 0. The lowest BCUT2D eigenvalue weighted by Crippen LogP contribution is -2.50. The van der Waals surface area contributed by atoms with Crippen molar-refractivity contribution in [3.63, 3.8) is 0 Å². The van der Waals surface area contributed by atoms with Gasteiger partial charge in [-0.1, -0.05) is 5.92 Å². The molecule has 2 aliphatic rings.